The van der Waals surface area contributed by atoms with Gasteiger partial charge in [0.05, 0.1) is 5.56 Å². The number of pyridine rings is 1. The lowest BCUT2D eigenvalue weighted by molar-refractivity contribution is 0.439. The van der Waals surface area contributed by atoms with Crippen molar-refractivity contribution >= 4 is 21.8 Å². The van der Waals surface area contributed by atoms with Gasteiger partial charge in [-0.1, -0.05) is 23.4 Å². The molecule has 5 heteroatoms. The Balaban J connectivity index is 2.24. The van der Waals surface area contributed by atoms with E-state index in [0.717, 1.165) is 32.4 Å². The molecular formula is C15H12BrN3O. The minimum Gasteiger partial charge on any atom is -0.367 e. The van der Waals surface area contributed by atoms with Gasteiger partial charge in [0.1, 0.15) is 5.69 Å². The van der Waals surface area contributed by atoms with Gasteiger partial charge >= 0.3 is 0 Å². The van der Waals surface area contributed by atoms with Gasteiger partial charge in [0.25, 0.3) is 0 Å². The number of aromatic nitrogens is 2. The van der Waals surface area contributed by atoms with E-state index in [9.17, 15) is 0 Å². The predicted molar refractivity (Wildman–Crippen MR) is 82.0 cm³/mol. The molecule has 3 rings (SSSR count). The molecule has 0 spiro atoms. The fourth-order valence-corrected chi connectivity index (χ4v) is 2.57. The van der Waals surface area contributed by atoms with E-state index >= 15 is 0 Å². The second-order valence-corrected chi connectivity index (χ2v) is 5.24. The molecule has 4 nitrogen and oxygen atoms in total. The number of rotatable bonds is 2. The topological polar surface area (TPSA) is 64.9 Å². The van der Waals surface area contributed by atoms with E-state index in [1.807, 2.05) is 37.3 Å². The van der Waals surface area contributed by atoms with Gasteiger partial charge in [-0.05, 0) is 46.1 Å². The number of hydrogen-bond donors (Lipinski definition) is 1. The zero-order valence-corrected chi connectivity index (χ0v) is 12.4. The van der Waals surface area contributed by atoms with Crippen molar-refractivity contribution in [3.05, 3.63) is 52.8 Å². The van der Waals surface area contributed by atoms with Crippen molar-refractivity contribution in [3.8, 4) is 22.4 Å². The van der Waals surface area contributed by atoms with Crippen molar-refractivity contribution in [2.24, 2.45) is 0 Å². The van der Waals surface area contributed by atoms with Gasteiger partial charge in [-0.15, -0.1) is 0 Å². The number of nitrogens with two attached hydrogens (primary N) is 1. The van der Waals surface area contributed by atoms with Crippen LogP contribution in [0.25, 0.3) is 22.4 Å². The van der Waals surface area contributed by atoms with Crippen molar-refractivity contribution < 1.29 is 4.52 Å². The van der Waals surface area contributed by atoms with Gasteiger partial charge in [-0.25, -0.2) is 0 Å². The summed E-state index contributed by atoms with van der Waals surface area (Å²) < 4.78 is 6.18. The minimum atomic E-state index is 0.305. The molecule has 0 radical (unpaired) electrons. The Hall–Kier alpha value is -2.14. The van der Waals surface area contributed by atoms with Crippen LogP contribution in [0.2, 0.25) is 0 Å². The molecular weight excluding hydrogens is 318 g/mol. The molecule has 0 aliphatic rings. The molecule has 2 aromatic heterocycles. The third kappa shape index (κ3) is 2.10. The number of nitrogens with zero attached hydrogens (tertiary/aromatic N) is 2. The van der Waals surface area contributed by atoms with E-state index in [4.69, 9.17) is 10.3 Å². The lowest BCUT2D eigenvalue weighted by atomic mass is 10.0. The van der Waals surface area contributed by atoms with Crippen LogP contribution in [0.4, 0.5) is 5.88 Å². The van der Waals surface area contributed by atoms with Crippen molar-refractivity contribution in [1.29, 1.82) is 0 Å². The van der Waals surface area contributed by atoms with E-state index in [1.54, 1.807) is 12.4 Å². The maximum atomic E-state index is 5.93. The second kappa shape index (κ2) is 5.09. The van der Waals surface area contributed by atoms with Gasteiger partial charge < -0.3 is 10.3 Å². The van der Waals surface area contributed by atoms with Crippen LogP contribution in [-0.2, 0) is 0 Å². The summed E-state index contributed by atoms with van der Waals surface area (Å²) >= 11 is 3.60. The zero-order valence-electron chi connectivity index (χ0n) is 10.8. The van der Waals surface area contributed by atoms with Crippen LogP contribution in [-0.4, -0.2) is 10.1 Å². The quantitative estimate of drug-likeness (QED) is 0.770. The van der Waals surface area contributed by atoms with Gasteiger partial charge in [0, 0.05) is 22.4 Å². The average molecular weight is 330 g/mol. The molecule has 2 N–H and O–H groups in total. The van der Waals surface area contributed by atoms with Gasteiger partial charge in [-0.3, -0.25) is 4.98 Å². The van der Waals surface area contributed by atoms with Crippen LogP contribution in [0.15, 0.2) is 51.7 Å². The predicted octanol–water partition coefficient (Wildman–Crippen LogP) is 4.06. The van der Waals surface area contributed by atoms with E-state index in [0.29, 0.717) is 5.88 Å². The number of benzene rings is 1. The van der Waals surface area contributed by atoms with E-state index in [-0.39, 0.29) is 0 Å². The first-order valence-corrected chi connectivity index (χ1v) is 6.89. The van der Waals surface area contributed by atoms with E-state index in [2.05, 4.69) is 26.1 Å². The molecule has 0 unspecified atom stereocenters. The highest BCUT2D eigenvalue weighted by atomic mass is 79.9. The number of hydrogen-bond acceptors (Lipinski definition) is 4. The summed E-state index contributed by atoms with van der Waals surface area (Å²) in [5, 5.41) is 4.11. The summed E-state index contributed by atoms with van der Waals surface area (Å²) in [7, 11) is 0. The number of nitrogen functional groups attached to an aromatic ring is 1. The zero-order chi connectivity index (χ0) is 14.1. The first-order valence-electron chi connectivity index (χ1n) is 6.09. The molecule has 2 heterocycles. The number of aryl methyl sites for hydroxylation is 1. The Morgan fingerprint density at radius 3 is 2.65 bits per heavy atom. The number of halogens is 1. The van der Waals surface area contributed by atoms with Crippen LogP contribution < -0.4 is 5.73 Å². The van der Waals surface area contributed by atoms with Gasteiger partial charge in [-0.2, -0.15) is 0 Å². The Bertz CT molecular complexity index is 753. The van der Waals surface area contributed by atoms with Crippen molar-refractivity contribution in [1.82, 2.24) is 10.1 Å². The summed E-state index contributed by atoms with van der Waals surface area (Å²) in [4.78, 5) is 4.02. The monoisotopic (exact) mass is 329 g/mol. The Morgan fingerprint density at radius 1 is 1.15 bits per heavy atom. The Morgan fingerprint density at radius 2 is 1.90 bits per heavy atom. The lowest BCUT2D eigenvalue weighted by Gasteiger charge is -2.06. The molecule has 0 atom stereocenters. The average Bonchev–Trinajstić information content (AvgIpc) is 2.84. The maximum Gasteiger partial charge on any atom is 0.230 e. The van der Waals surface area contributed by atoms with Crippen LogP contribution in [0.5, 0.6) is 0 Å². The Kier molecular flexibility index (Phi) is 3.28. The van der Waals surface area contributed by atoms with Gasteiger partial charge in [0.15, 0.2) is 0 Å². The summed E-state index contributed by atoms with van der Waals surface area (Å²) in [5.41, 5.74) is 10.5. The molecule has 0 saturated heterocycles. The molecule has 0 aliphatic heterocycles. The second-order valence-electron chi connectivity index (χ2n) is 4.44. The summed E-state index contributed by atoms with van der Waals surface area (Å²) in [6, 6.07) is 9.77. The summed E-state index contributed by atoms with van der Waals surface area (Å²) in [6.07, 6.45) is 3.44. The third-order valence-electron chi connectivity index (χ3n) is 3.13. The smallest absolute Gasteiger partial charge is 0.230 e. The fraction of sp³-hybridized carbons (Fsp3) is 0.0667. The highest BCUT2D eigenvalue weighted by molar-refractivity contribution is 9.10. The summed E-state index contributed by atoms with van der Waals surface area (Å²) in [5.74, 6) is 0.305. The standard InChI is InChI=1S/C15H12BrN3O/c1-9-3-2-4-11(13(9)16)14-12(15(17)20-19-14)10-5-7-18-8-6-10/h2-8H,17H2,1H3. The van der Waals surface area contributed by atoms with Crippen LogP contribution in [0.3, 0.4) is 0 Å². The van der Waals surface area contributed by atoms with Crippen LogP contribution in [0, 0.1) is 6.92 Å². The first-order chi connectivity index (χ1) is 9.68. The largest absolute Gasteiger partial charge is 0.367 e. The fourth-order valence-electron chi connectivity index (χ4n) is 2.11. The van der Waals surface area contributed by atoms with Crippen LogP contribution >= 0.6 is 15.9 Å². The molecule has 0 bridgehead atoms. The maximum absolute atomic E-state index is 5.93. The highest BCUT2D eigenvalue weighted by Crippen LogP contribution is 2.39. The first kappa shape index (κ1) is 12.9. The normalized spacial score (nSPS) is 10.7. The van der Waals surface area contributed by atoms with Crippen molar-refractivity contribution in [2.75, 3.05) is 5.73 Å². The molecule has 20 heavy (non-hydrogen) atoms. The molecule has 1 aromatic carbocycles. The third-order valence-corrected chi connectivity index (χ3v) is 4.19. The van der Waals surface area contributed by atoms with Gasteiger partial charge in [0.2, 0.25) is 5.88 Å². The van der Waals surface area contributed by atoms with E-state index < -0.39 is 0 Å². The summed E-state index contributed by atoms with van der Waals surface area (Å²) in [6.45, 7) is 2.03. The Labute approximate surface area is 124 Å². The molecule has 0 amide bonds. The number of anilines is 1. The van der Waals surface area contributed by atoms with Crippen molar-refractivity contribution in [2.45, 2.75) is 6.92 Å². The molecule has 100 valence electrons. The SMILES string of the molecule is Cc1cccc(-c2noc(N)c2-c2ccncc2)c1Br. The molecule has 0 aliphatic carbocycles. The lowest BCUT2D eigenvalue weighted by Crippen LogP contribution is -1.89. The molecule has 0 saturated carbocycles. The van der Waals surface area contributed by atoms with Crippen LogP contribution in [0.1, 0.15) is 5.56 Å². The molecule has 0 fully saturated rings. The highest BCUT2D eigenvalue weighted by Gasteiger charge is 2.19. The van der Waals surface area contributed by atoms with Crippen molar-refractivity contribution in [3.63, 3.8) is 0 Å². The minimum absolute atomic E-state index is 0.305. The molecule has 3 aromatic rings. The van der Waals surface area contributed by atoms with E-state index in [1.165, 1.54) is 0 Å².